The lowest BCUT2D eigenvalue weighted by Crippen LogP contribution is -2.20. The lowest BCUT2D eigenvalue weighted by atomic mass is 10.1. The number of nitrogens with one attached hydrogen (secondary N) is 1. The minimum Gasteiger partial charge on any atom is -0.495 e. The fourth-order valence-corrected chi connectivity index (χ4v) is 1.96. The Morgan fingerprint density at radius 1 is 1.08 bits per heavy atom. The van der Waals surface area contributed by atoms with E-state index < -0.39 is 11.9 Å². The van der Waals surface area contributed by atoms with Gasteiger partial charge in [0, 0.05) is 6.08 Å². The summed E-state index contributed by atoms with van der Waals surface area (Å²) in [5.41, 5.74) is 2.55. The van der Waals surface area contributed by atoms with Crippen LogP contribution in [0.15, 0.2) is 54.6 Å². The summed E-state index contributed by atoms with van der Waals surface area (Å²) in [4.78, 5) is 23.5. The molecule has 0 saturated carbocycles. The van der Waals surface area contributed by atoms with E-state index >= 15 is 0 Å². The summed E-state index contributed by atoms with van der Waals surface area (Å²) < 4.78 is 10.1. The van der Waals surface area contributed by atoms with Crippen molar-refractivity contribution in [2.45, 2.75) is 6.92 Å². The van der Waals surface area contributed by atoms with Gasteiger partial charge in [-0.2, -0.15) is 0 Å². The highest BCUT2D eigenvalue weighted by molar-refractivity contribution is 5.95. The Kier molecular flexibility index (Phi) is 6.14. The van der Waals surface area contributed by atoms with Crippen LogP contribution in [0.4, 0.5) is 5.69 Å². The van der Waals surface area contributed by atoms with E-state index in [0.717, 1.165) is 11.1 Å². The molecule has 0 spiro atoms. The van der Waals surface area contributed by atoms with E-state index in [1.807, 2.05) is 31.2 Å². The molecule has 2 rings (SSSR count). The summed E-state index contributed by atoms with van der Waals surface area (Å²) >= 11 is 0. The minimum atomic E-state index is -0.578. The summed E-state index contributed by atoms with van der Waals surface area (Å²) in [5.74, 6) is -0.473. The molecule has 0 aromatic heterocycles. The quantitative estimate of drug-likeness (QED) is 0.654. The zero-order valence-electron chi connectivity index (χ0n) is 13.6. The second-order valence-corrected chi connectivity index (χ2v) is 5.10. The SMILES string of the molecule is COc1ccccc1NC(=O)COC(=O)/C=C/c1ccc(C)cc1. The van der Waals surface area contributed by atoms with Gasteiger partial charge in [0.2, 0.25) is 0 Å². The summed E-state index contributed by atoms with van der Waals surface area (Å²) in [7, 11) is 1.51. The molecule has 2 aromatic carbocycles. The molecule has 0 aliphatic carbocycles. The molecule has 0 heterocycles. The van der Waals surface area contributed by atoms with E-state index in [2.05, 4.69) is 5.32 Å². The number of carbonyl (C=O) groups excluding carboxylic acids is 2. The molecule has 0 unspecified atom stereocenters. The monoisotopic (exact) mass is 325 g/mol. The predicted molar refractivity (Wildman–Crippen MR) is 92.8 cm³/mol. The summed E-state index contributed by atoms with van der Waals surface area (Å²) in [5, 5.41) is 2.63. The van der Waals surface area contributed by atoms with Crippen LogP contribution in [0.3, 0.4) is 0 Å². The highest BCUT2D eigenvalue weighted by Gasteiger charge is 2.08. The number of amides is 1. The standard InChI is InChI=1S/C19H19NO4/c1-14-7-9-15(10-8-14)11-12-19(22)24-13-18(21)20-16-5-3-4-6-17(16)23-2/h3-12H,13H2,1-2H3,(H,20,21)/b12-11+. The van der Waals surface area contributed by atoms with Gasteiger partial charge in [0.15, 0.2) is 6.61 Å². The summed E-state index contributed by atoms with van der Waals surface area (Å²) in [6.07, 6.45) is 2.93. The van der Waals surface area contributed by atoms with Crippen LogP contribution in [0.25, 0.3) is 6.08 Å². The van der Waals surface area contributed by atoms with E-state index in [1.165, 1.54) is 13.2 Å². The molecule has 24 heavy (non-hydrogen) atoms. The van der Waals surface area contributed by atoms with E-state index in [-0.39, 0.29) is 6.61 Å². The zero-order valence-corrected chi connectivity index (χ0v) is 13.6. The molecule has 0 aliphatic rings. The second kappa shape index (κ2) is 8.53. The molecule has 0 aliphatic heterocycles. The van der Waals surface area contributed by atoms with Crippen LogP contribution in [0, 0.1) is 6.92 Å². The Bertz CT molecular complexity index is 735. The number of anilines is 1. The molecule has 1 N–H and O–H groups in total. The van der Waals surface area contributed by atoms with Gasteiger partial charge in [-0.25, -0.2) is 4.79 Å². The highest BCUT2D eigenvalue weighted by Crippen LogP contribution is 2.22. The predicted octanol–water partition coefficient (Wildman–Crippen LogP) is 3.20. The number of benzene rings is 2. The summed E-state index contributed by atoms with van der Waals surface area (Å²) in [6.45, 7) is 1.62. The van der Waals surface area contributed by atoms with Crippen molar-refractivity contribution in [1.29, 1.82) is 0 Å². The Labute approximate surface area is 140 Å². The molecule has 5 nitrogen and oxygen atoms in total. The number of hydrogen-bond acceptors (Lipinski definition) is 4. The van der Waals surface area contributed by atoms with E-state index in [4.69, 9.17) is 9.47 Å². The first kappa shape index (κ1) is 17.3. The number of rotatable bonds is 6. The fourth-order valence-electron chi connectivity index (χ4n) is 1.96. The number of hydrogen-bond donors (Lipinski definition) is 1. The van der Waals surface area contributed by atoms with Crippen LogP contribution in [0.1, 0.15) is 11.1 Å². The second-order valence-electron chi connectivity index (χ2n) is 5.10. The third kappa shape index (κ3) is 5.28. The normalized spacial score (nSPS) is 10.4. The van der Waals surface area contributed by atoms with E-state index in [1.54, 1.807) is 30.3 Å². The number of para-hydroxylation sites is 2. The maximum atomic E-state index is 11.8. The molecule has 2 aromatic rings. The fraction of sp³-hybridized carbons (Fsp3) is 0.158. The largest absolute Gasteiger partial charge is 0.495 e. The minimum absolute atomic E-state index is 0.366. The molecule has 124 valence electrons. The Hall–Kier alpha value is -3.08. The van der Waals surface area contributed by atoms with Crippen LogP contribution in [0.2, 0.25) is 0 Å². The van der Waals surface area contributed by atoms with Crippen molar-refractivity contribution in [2.75, 3.05) is 19.0 Å². The molecule has 0 radical (unpaired) electrons. The van der Waals surface area contributed by atoms with Crippen molar-refractivity contribution >= 4 is 23.6 Å². The van der Waals surface area contributed by atoms with Crippen molar-refractivity contribution < 1.29 is 19.1 Å². The van der Waals surface area contributed by atoms with Gasteiger partial charge in [-0.1, -0.05) is 42.0 Å². The van der Waals surface area contributed by atoms with Crippen LogP contribution in [-0.2, 0) is 14.3 Å². The molecule has 0 bridgehead atoms. The van der Waals surface area contributed by atoms with Gasteiger partial charge in [-0.3, -0.25) is 4.79 Å². The van der Waals surface area contributed by atoms with Crippen molar-refractivity contribution in [3.8, 4) is 5.75 Å². The average molecular weight is 325 g/mol. The van der Waals surface area contributed by atoms with Crippen LogP contribution < -0.4 is 10.1 Å². The van der Waals surface area contributed by atoms with Crippen LogP contribution in [-0.4, -0.2) is 25.6 Å². The first-order valence-corrected chi connectivity index (χ1v) is 7.43. The molecule has 0 atom stereocenters. The van der Waals surface area contributed by atoms with Gasteiger partial charge in [0.25, 0.3) is 5.91 Å². The first-order chi connectivity index (χ1) is 11.6. The summed E-state index contributed by atoms with van der Waals surface area (Å²) in [6, 6.07) is 14.7. The van der Waals surface area contributed by atoms with Gasteiger partial charge in [-0.15, -0.1) is 0 Å². The number of carbonyl (C=O) groups is 2. The Morgan fingerprint density at radius 2 is 1.79 bits per heavy atom. The molecule has 0 fully saturated rings. The molecule has 5 heteroatoms. The van der Waals surface area contributed by atoms with Gasteiger partial charge in [0.1, 0.15) is 5.75 Å². The lowest BCUT2D eigenvalue weighted by Gasteiger charge is -2.09. The number of methoxy groups -OCH3 is 1. The van der Waals surface area contributed by atoms with Gasteiger partial charge >= 0.3 is 5.97 Å². The molecule has 1 amide bonds. The zero-order chi connectivity index (χ0) is 17.4. The van der Waals surface area contributed by atoms with Crippen molar-refractivity contribution in [2.24, 2.45) is 0 Å². The maximum absolute atomic E-state index is 11.8. The number of ether oxygens (including phenoxy) is 2. The van der Waals surface area contributed by atoms with Crippen molar-refractivity contribution in [1.82, 2.24) is 0 Å². The molecular formula is C19H19NO4. The maximum Gasteiger partial charge on any atom is 0.331 e. The van der Waals surface area contributed by atoms with Gasteiger partial charge in [-0.05, 0) is 30.7 Å². The average Bonchev–Trinajstić information content (AvgIpc) is 2.60. The lowest BCUT2D eigenvalue weighted by molar-refractivity contribution is -0.142. The third-order valence-electron chi connectivity index (χ3n) is 3.22. The number of aryl methyl sites for hydroxylation is 1. The van der Waals surface area contributed by atoms with Crippen molar-refractivity contribution in [3.63, 3.8) is 0 Å². The smallest absolute Gasteiger partial charge is 0.331 e. The Morgan fingerprint density at radius 3 is 2.50 bits per heavy atom. The van der Waals surface area contributed by atoms with Gasteiger partial charge in [0.05, 0.1) is 12.8 Å². The first-order valence-electron chi connectivity index (χ1n) is 7.43. The number of esters is 1. The topological polar surface area (TPSA) is 64.6 Å². The van der Waals surface area contributed by atoms with Crippen molar-refractivity contribution in [3.05, 3.63) is 65.7 Å². The van der Waals surface area contributed by atoms with E-state index in [9.17, 15) is 9.59 Å². The molecule has 0 saturated heterocycles. The van der Waals surface area contributed by atoms with Crippen LogP contribution >= 0.6 is 0 Å². The third-order valence-corrected chi connectivity index (χ3v) is 3.22. The Balaban J connectivity index is 1.82. The van der Waals surface area contributed by atoms with Crippen LogP contribution in [0.5, 0.6) is 5.75 Å². The van der Waals surface area contributed by atoms with E-state index in [0.29, 0.717) is 11.4 Å². The van der Waals surface area contributed by atoms with Gasteiger partial charge < -0.3 is 14.8 Å². The molecular weight excluding hydrogens is 306 g/mol. The highest BCUT2D eigenvalue weighted by atomic mass is 16.5.